The molecule has 1 heterocycles. The van der Waals surface area contributed by atoms with Crippen molar-refractivity contribution in [2.45, 2.75) is 174 Å². The topological polar surface area (TPSA) is 205 Å². The van der Waals surface area contributed by atoms with Crippen LogP contribution in [0.25, 0.3) is 0 Å². The minimum Gasteiger partial charge on any atom is -0.460 e. The predicted octanol–water partition coefficient (Wildman–Crippen LogP) is 8.01. The standard InChI is InChI=1S/C54H73ClN4O12/c1-34-25-27-36(28-26-34)54(35-20-15-14-16-21-35,37-22-17-18-23-38(37)55)70-48(65)39(29-30-43(60)68-51(5,6)7)56-46(63)42-24-19-31-59(42)47(64)41(33-67-50(2,3)4)57-45(62)40(32-44(61)69-52(8,9)10)58-49(66)71-53(11,12)13/h14-18,20-23,25-28,39-42H,19,24,29-33H2,1-13H3,(H,56,63)(H,57,62)(H,58,66)/t39-,40-,41-,42-,54?/m0/s1. The van der Waals surface area contributed by atoms with E-state index < -0.39 is 100 Å². The van der Waals surface area contributed by atoms with Crippen molar-refractivity contribution in [1.29, 1.82) is 0 Å². The van der Waals surface area contributed by atoms with Crippen LogP contribution in [0.2, 0.25) is 5.02 Å². The van der Waals surface area contributed by atoms with E-state index in [1.54, 1.807) is 132 Å². The molecule has 1 saturated heterocycles. The van der Waals surface area contributed by atoms with Crippen LogP contribution in [0, 0.1) is 6.92 Å². The Labute approximate surface area is 423 Å². The summed E-state index contributed by atoms with van der Waals surface area (Å²) in [5.41, 5.74) is -2.67. The van der Waals surface area contributed by atoms with Gasteiger partial charge in [-0.05, 0) is 115 Å². The first-order valence-electron chi connectivity index (χ1n) is 24.0. The van der Waals surface area contributed by atoms with E-state index in [9.17, 15) is 28.8 Å². The number of carbonyl (C=O) groups excluding carboxylic acids is 7. The van der Waals surface area contributed by atoms with Gasteiger partial charge in [-0.15, -0.1) is 0 Å². The highest BCUT2D eigenvalue weighted by Crippen LogP contribution is 2.44. The molecule has 5 atom stereocenters. The van der Waals surface area contributed by atoms with Crippen molar-refractivity contribution in [2.75, 3.05) is 13.2 Å². The van der Waals surface area contributed by atoms with Gasteiger partial charge in [0.05, 0.1) is 18.6 Å². The first kappa shape index (κ1) is 57.6. The highest BCUT2D eigenvalue weighted by molar-refractivity contribution is 6.31. The Hall–Kier alpha value is -6.00. The molecule has 0 aromatic heterocycles. The smallest absolute Gasteiger partial charge is 0.408 e. The molecule has 1 aliphatic rings. The molecular formula is C54H73ClN4O12. The van der Waals surface area contributed by atoms with E-state index in [2.05, 4.69) is 16.0 Å². The molecule has 1 aliphatic heterocycles. The number of nitrogens with one attached hydrogen (secondary N) is 3. The van der Waals surface area contributed by atoms with Gasteiger partial charge in [-0.25, -0.2) is 9.59 Å². The molecule has 1 fully saturated rings. The molecule has 0 saturated carbocycles. The molecule has 17 heteroatoms. The summed E-state index contributed by atoms with van der Waals surface area (Å²) in [4.78, 5) is 99.1. The summed E-state index contributed by atoms with van der Waals surface area (Å²) in [6, 6.07) is 17.8. The van der Waals surface area contributed by atoms with Crippen molar-refractivity contribution in [3.63, 3.8) is 0 Å². The van der Waals surface area contributed by atoms with Gasteiger partial charge < -0.3 is 44.5 Å². The van der Waals surface area contributed by atoms with Gasteiger partial charge in [0, 0.05) is 34.7 Å². The SMILES string of the molecule is Cc1ccc(C(OC(=O)[C@H](CCC(=O)OC(C)(C)C)NC(=O)[C@@H]2CCCN2C(=O)[C@H](COC(C)(C)C)NC(=O)[C@H](CC(=O)OC(C)(C)C)NC(=O)OC(C)(C)C)(c2ccccc2)c2ccccc2Cl)cc1. The third kappa shape index (κ3) is 17.7. The maximum Gasteiger partial charge on any atom is 0.408 e. The van der Waals surface area contributed by atoms with Gasteiger partial charge >= 0.3 is 24.0 Å². The van der Waals surface area contributed by atoms with Crippen molar-refractivity contribution in [2.24, 2.45) is 0 Å². The van der Waals surface area contributed by atoms with E-state index in [1.807, 2.05) is 37.3 Å². The van der Waals surface area contributed by atoms with Gasteiger partial charge in [-0.1, -0.05) is 90.0 Å². The fourth-order valence-corrected chi connectivity index (χ4v) is 8.01. The van der Waals surface area contributed by atoms with Crippen LogP contribution in [0.15, 0.2) is 78.9 Å². The van der Waals surface area contributed by atoms with Crippen molar-refractivity contribution in [3.05, 3.63) is 106 Å². The number of ether oxygens (including phenoxy) is 5. The fourth-order valence-electron chi connectivity index (χ4n) is 7.74. The summed E-state index contributed by atoms with van der Waals surface area (Å²) in [5, 5.41) is 8.20. The summed E-state index contributed by atoms with van der Waals surface area (Å²) in [6.45, 7) is 21.9. The first-order valence-corrected chi connectivity index (χ1v) is 24.3. The number of alkyl carbamates (subject to hydrolysis) is 1. The summed E-state index contributed by atoms with van der Waals surface area (Å²) in [5.74, 6) is -4.68. The van der Waals surface area contributed by atoms with E-state index in [4.69, 9.17) is 35.3 Å². The van der Waals surface area contributed by atoms with Crippen molar-refractivity contribution in [3.8, 4) is 0 Å². The summed E-state index contributed by atoms with van der Waals surface area (Å²) < 4.78 is 29.2. The molecule has 3 N–H and O–H groups in total. The summed E-state index contributed by atoms with van der Waals surface area (Å²) >= 11 is 6.96. The molecule has 71 heavy (non-hydrogen) atoms. The lowest BCUT2D eigenvalue weighted by Crippen LogP contribution is -2.59. The average molecular weight is 1010 g/mol. The highest BCUT2D eigenvalue weighted by atomic mass is 35.5. The summed E-state index contributed by atoms with van der Waals surface area (Å²) in [6.07, 6.45) is -1.59. The van der Waals surface area contributed by atoms with E-state index in [-0.39, 0.29) is 32.4 Å². The van der Waals surface area contributed by atoms with Crippen molar-refractivity contribution < 1.29 is 57.2 Å². The monoisotopic (exact) mass is 1000 g/mol. The Kier molecular flexibility index (Phi) is 19.4. The van der Waals surface area contributed by atoms with Crippen LogP contribution in [-0.2, 0) is 58.1 Å². The molecule has 0 radical (unpaired) electrons. The van der Waals surface area contributed by atoms with Crippen LogP contribution in [-0.4, -0.2) is 106 Å². The number of aryl methyl sites for hydroxylation is 1. The van der Waals surface area contributed by atoms with Crippen molar-refractivity contribution in [1.82, 2.24) is 20.9 Å². The van der Waals surface area contributed by atoms with Crippen LogP contribution < -0.4 is 16.0 Å². The largest absolute Gasteiger partial charge is 0.460 e. The normalized spacial score (nSPS) is 16.3. The molecule has 0 aliphatic carbocycles. The van der Waals surface area contributed by atoms with Gasteiger partial charge in [0.2, 0.25) is 17.7 Å². The number of nitrogens with zero attached hydrogens (tertiary/aromatic N) is 1. The van der Waals surface area contributed by atoms with Gasteiger partial charge in [0.25, 0.3) is 0 Å². The number of likely N-dealkylation sites (tertiary alicyclic amines) is 1. The van der Waals surface area contributed by atoms with Gasteiger partial charge in [0.15, 0.2) is 5.60 Å². The number of carbonyl (C=O) groups is 7. The zero-order chi connectivity index (χ0) is 53.1. The molecule has 4 rings (SSSR count). The quantitative estimate of drug-likeness (QED) is 0.0630. The van der Waals surface area contributed by atoms with E-state index in [1.165, 1.54) is 4.90 Å². The molecule has 3 aromatic carbocycles. The van der Waals surface area contributed by atoms with Gasteiger partial charge in [-0.2, -0.15) is 0 Å². The lowest BCUT2D eigenvalue weighted by Gasteiger charge is -2.37. The second-order valence-electron chi connectivity index (χ2n) is 21.7. The van der Waals surface area contributed by atoms with Crippen LogP contribution in [0.5, 0.6) is 0 Å². The molecule has 16 nitrogen and oxygen atoms in total. The Morgan fingerprint density at radius 2 is 1.20 bits per heavy atom. The second kappa shape index (κ2) is 23.9. The van der Waals surface area contributed by atoms with E-state index in [0.29, 0.717) is 28.1 Å². The zero-order valence-electron chi connectivity index (χ0n) is 43.5. The first-order chi connectivity index (χ1) is 32.9. The highest BCUT2D eigenvalue weighted by Gasteiger charge is 2.45. The molecule has 1 unspecified atom stereocenters. The maximum atomic E-state index is 15.1. The number of hydrogen-bond donors (Lipinski definition) is 3. The third-order valence-electron chi connectivity index (χ3n) is 10.7. The lowest BCUT2D eigenvalue weighted by atomic mass is 9.79. The summed E-state index contributed by atoms with van der Waals surface area (Å²) in [7, 11) is 0. The van der Waals surface area contributed by atoms with Crippen LogP contribution in [0.1, 0.15) is 137 Å². The zero-order valence-corrected chi connectivity index (χ0v) is 44.2. The molecule has 3 aromatic rings. The molecular weight excluding hydrogens is 932 g/mol. The van der Waals surface area contributed by atoms with E-state index in [0.717, 1.165) is 5.56 Å². The lowest BCUT2D eigenvalue weighted by molar-refractivity contribution is -0.159. The Bertz CT molecular complexity index is 2320. The van der Waals surface area contributed by atoms with Gasteiger partial charge in [0.1, 0.15) is 41.0 Å². The maximum absolute atomic E-state index is 15.1. The number of benzene rings is 3. The Morgan fingerprint density at radius 1 is 0.634 bits per heavy atom. The number of halogens is 1. The molecule has 388 valence electrons. The van der Waals surface area contributed by atoms with E-state index >= 15 is 4.79 Å². The third-order valence-corrected chi connectivity index (χ3v) is 11.1. The molecule has 0 bridgehead atoms. The number of rotatable bonds is 18. The number of esters is 3. The van der Waals surface area contributed by atoms with Crippen LogP contribution in [0.4, 0.5) is 4.79 Å². The Morgan fingerprint density at radius 3 is 1.77 bits per heavy atom. The second-order valence-corrected chi connectivity index (χ2v) is 22.1. The fraction of sp³-hybridized carbons (Fsp3) is 0.537. The minimum absolute atomic E-state index is 0.0837. The Balaban J connectivity index is 1.73. The molecule has 0 spiro atoms. The van der Waals surface area contributed by atoms with Crippen LogP contribution >= 0.6 is 11.6 Å². The predicted molar refractivity (Wildman–Crippen MR) is 268 cm³/mol. The number of hydrogen-bond acceptors (Lipinski definition) is 12. The number of amides is 4. The van der Waals surface area contributed by atoms with Gasteiger partial charge in [-0.3, -0.25) is 24.0 Å². The molecule has 4 amide bonds. The van der Waals surface area contributed by atoms with Crippen LogP contribution in [0.3, 0.4) is 0 Å². The van der Waals surface area contributed by atoms with Crippen molar-refractivity contribution >= 4 is 53.3 Å². The average Bonchev–Trinajstić information content (AvgIpc) is 3.74. The minimum atomic E-state index is -1.66.